The van der Waals surface area contributed by atoms with Crippen LogP contribution in [0.3, 0.4) is 0 Å². The van der Waals surface area contributed by atoms with Gasteiger partial charge < -0.3 is 4.74 Å². The average Bonchev–Trinajstić information content (AvgIpc) is 2.78. The number of ether oxygens (including phenoxy) is 1. The molecular formula is C28H36O. The van der Waals surface area contributed by atoms with Gasteiger partial charge in [0.05, 0.1) is 13.2 Å². The summed E-state index contributed by atoms with van der Waals surface area (Å²) in [5.74, 6) is 1.64. The molecule has 0 aromatic heterocycles. The van der Waals surface area contributed by atoms with E-state index >= 15 is 0 Å². The van der Waals surface area contributed by atoms with Crippen LogP contribution in [-0.4, -0.2) is 6.61 Å². The Morgan fingerprint density at radius 2 is 1.48 bits per heavy atom. The van der Waals surface area contributed by atoms with Crippen LogP contribution < -0.4 is 0 Å². The Kier molecular flexibility index (Phi) is 8.77. The third-order valence-electron chi connectivity index (χ3n) is 6.11. The Hall–Kier alpha value is -2.12. The SMILES string of the molecule is CC=CCOCc1ccc(-c2ccc(C3CCC(C/C=C/CC)CC3)cc2)cc1. The molecule has 0 heterocycles. The summed E-state index contributed by atoms with van der Waals surface area (Å²) in [4.78, 5) is 0. The van der Waals surface area contributed by atoms with E-state index in [1.54, 1.807) is 0 Å². The van der Waals surface area contributed by atoms with E-state index in [1.165, 1.54) is 54.4 Å². The van der Waals surface area contributed by atoms with Crippen molar-refractivity contribution in [1.82, 2.24) is 0 Å². The maximum Gasteiger partial charge on any atom is 0.0721 e. The van der Waals surface area contributed by atoms with Gasteiger partial charge in [-0.05, 0) is 79.5 Å². The predicted octanol–water partition coefficient (Wildman–Crippen LogP) is 8.08. The summed E-state index contributed by atoms with van der Waals surface area (Å²) in [5.41, 5.74) is 5.32. The minimum absolute atomic E-state index is 0.667. The Morgan fingerprint density at radius 3 is 2.10 bits per heavy atom. The fourth-order valence-electron chi connectivity index (χ4n) is 4.27. The van der Waals surface area contributed by atoms with Gasteiger partial charge in [-0.3, -0.25) is 0 Å². The Balaban J connectivity index is 1.52. The number of hydrogen-bond acceptors (Lipinski definition) is 1. The second-order valence-corrected chi connectivity index (χ2v) is 8.24. The highest BCUT2D eigenvalue weighted by Crippen LogP contribution is 2.37. The lowest BCUT2D eigenvalue weighted by Gasteiger charge is -2.28. The smallest absolute Gasteiger partial charge is 0.0721 e. The van der Waals surface area contributed by atoms with Gasteiger partial charge in [0.25, 0.3) is 0 Å². The van der Waals surface area contributed by atoms with Gasteiger partial charge in [-0.1, -0.05) is 79.8 Å². The van der Waals surface area contributed by atoms with Crippen molar-refractivity contribution in [2.45, 2.75) is 64.9 Å². The van der Waals surface area contributed by atoms with Crippen LogP contribution in [0.4, 0.5) is 0 Å². The molecule has 0 saturated heterocycles. The number of hydrogen-bond donors (Lipinski definition) is 0. The second-order valence-electron chi connectivity index (χ2n) is 8.24. The standard InChI is InChI=1S/C28H36O/c1-3-5-7-8-23-9-13-25(14-10-23)27-17-19-28(20-18-27)26-15-11-24(12-16-26)22-29-21-6-4-2/h4-7,11-12,15-20,23,25H,3,8-10,13-14,21-22H2,1-2H3/b6-4?,7-5+. The normalized spacial score (nSPS) is 19.9. The molecule has 1 aliphatic rings. The van der Waals surface area contributed by atoms with Crippen LogP contribution in [0.25, 0.3) is 11.1 Å². The summed E-state index contributed by atoms with van der Waals surface area (Å²) in [7, 11) is 0. The van der Waals surface area contributed by atoms with Crippen LogP contribution in [0, 0.1) is 5.92 Å². The Morgan fingerprint density at radius 1 is 0.828 bits per heavy atom. The lowest BCUT2D eigenvalue weighted by molar-refractivity contribution is 0.148. The van der Waals surface area contributed by atoms with Crippen LogP contribution in [0.15, 0.2) is 72.8 Å². The zero-order valence-electron chi connectivity index (χ0n) is 18.1. The molecule has 0 spiro atoms. The quantitative estimate of drug-likeness (QED) is 0.311. The molecule has 1 heteroatoms. The summed E-state index contributed by atoms with van der Waals surface area (Å²) < 4.78 is 5.63. The molecule has 0 N–H and O–H groups in total. The van der Waals surface area contributed by atoms with Gasteiger partial charge in [0.15, 0.2) is 0 Å². The molecule has 1 saturated carbocycles. The summed E-state index contributed by atoms with van der Waals surface area (Å²) in [5, 5.41) is 0. The van der Waals surface area contributed by atoms with Gasteiger partial charge in [0, 0.05) is 0 Å². The largest absolute Gasteiger partial charge is 0.373 e. The van der Waals surface area contributed by atoms with Crippen molar-refractivity contribution in [3.05, 3.63) is 84.0 Å². The molecule has 1 nitrogen and oxygen atoms in total. The Bertz CT molecular complexity index is 759. The summed E-state index contributed by atoms with van der Waals surface area (Å²) >= 11 is 0. The molecule has 154 valence electrons. The maximum atomic E-state index is 5.63. The van der Waals surface area contributed by atoms with Gasteiger partial charge in [-0.25, -0.2) is 0 Å². The van der Waals surface area contributed by atoms with Crippen LogP contribution in [-0.2, 0) is 11.3 Å². The van der Waals surface area contributed by atoms with Crippen LogP contribution >= 0.6 is 0 Å². The molecule has 0 radical (unpaired) electrons. The van der Waals surface area contributed by atoms with Crippen LogP contribution in [0.2, 0.25) is 0 Å². The second kappa shape index (κ2) is 11.8. The van der Waals surface area contributed by atoms with Gasteiger partial charge in [0.2, 0.25) is 0 Å². The van der Waals surface area contributed by atoms with Gasteiger partial charge in [-0.2, -0.15) is 0 Å². The van der Waals surface area contributed by atoms with E-state index in [2.05, 4.69) is 67.6 Å². The monoisotopic (exact) mass is 388 g/mol. The maximum absolute atomic E-state index is 5.63. The van der Waals surface area contributed by atoms with Crippen molar-refractivity contribution in [2.75, 3.05) is 6.61 Å². The van der Waals surface area contributed by atoms with E-state index < -0.39 is 0 Å². The van der Waals surface area contributed by atoms with Crippen LogP contribution in [0.5, 0.6) is 0 Å². The number of rotatable bonds is 9. The van der Waals surface area contributed by atoms with Crippen molar-refractivity contribution >= 4 is 0 Å². The zero-order chi connectivity index (χ0) is 20.3. The number of allylic oxidation sites excluding steroid dienone is 3. The van der Waals surface area contributed by atoms with E-state index in [1.807, 2.05) is 19.1 Å². The molecule has 0 amide bonds. The van der Waals surface area contributed by atoms with Gasteiger partial charge in [-0.15, -0.1) is 0 Å². The third kappa shape index (κ3) is 6.72. The summed E-state index contributed by atoms with van der Waals surface area (Å²) in [6.45, 7) is 5.57. The first kappa shape index (κ1) is 21.6. The van der Waals surface area contributed by atoms with Crippen LogP contribution in [0.1, 0.15) is 69.4 Å². The molecule has 0 aliphatic heterocycles. The lowest BCUT2D eigenvalue weighted by Crippen LogP contribution is -2.12. The van der Waals surface area contributed by atoms with Crippen molar-refractivity contribution in [3.8, 4) is 11.1 Å². The molecule has 1 fully saturated rings. The van der Waals surface area contributed by atoms with Crippen molar-refractivity contribution in [3.63, 3.8) is 0 Å². The molecule has 0 unspecified atom stereocenters. The first-order valence-corrected chi connectivity index (χ1v) is 11.3. The summed E-state index contributed by atoms with van der Waals surface area (Å²) in [6.07, 6.45) is 16.6. The van der Waals surface area contributed by atoms with E-state index in [9.17, 15) is 0 Å². The van der Waals surface area contributed by atoms with Crippen molar-refractivity contribution < 1.29 is 4.74 Å². The summed E-state index contributed by atoms with van der Waals surface area (Å²) in [6, 6.07) is 18.1. The van der Waals surface area contributed by atoms with Gasteiger partial charge >= 0.3 is 0 Å². The molecule has 2 aromatic carbocycles. The van der Waals surface area contributed by atoms with E-state index in [4.69, 9.17) is 4.74 Å². The molecule has 3 rings (SSSR count). The zero-order valence-corrected chi connectivity index (χ0v) is 18.1. The first-order valence-electron chi connectivity index (χ1n) is 11.3. The molecule has 2 aromatic rings. The minimum atomic E-state index is 0.667. The third-order valence-corrected chi connectivity index (χ3v) is 6.11. The van der Waals surface area contributed by atoms with Crippen molar-refractivity contribution in [2.24, 2.45) is 5.92 Å². The molecular weight excluding hydrogens is 352 g/mol. The molecule has 0 atom stereocenters. The van der Waals surface area contributed by atoms with Crippen molar-refractivity contribution in [1.29, 1.82) is 0 Å². The number of benzene rings is 2. The topological polar surface area (TPSA) is 9.23 Å². The molecule has 0 bridgehead atoms. The Labute approximate surface area is 177 Å². The fourth-order valence-corrected chi connectivity index (χ4v) is 4.27. The van der Waals surface area contributed by atoms with E-state index in [0.717, 1.165) is 18.3 Å². The van der Waals surface area contributed by atoms with E-state index in [-0.39, 0.29) is 0 Å². The minimum Gasteiger partial charge on any atom is -0.373 e. The fraction of sp³-hybridized carbons (Fsp3) is 0.429. The first-order chi connectivity index (χ1) is 14.3. The highest BCUT2D eigenvalue weighted by molar-refractivity contribution is 5.64. The van der Waals surface area contributed by atoms with Gasteiger partial charge in [0.1, 0.15) is 0 Å². The van der Waals surface area contributed by atoms with E-state index in [0.29, 0.717) is 13.2 Å². The average molecular weight is 389 g/mol. The molecule has 29 heavy (non-hydrogen) atoms. The molecule has 1 aliphatic carbocycles. The lowest BCUT2D eigenvalue weighted by atomic mass is 9.77. The predicted molar refractivity (Wildman–Crippen MR) is 125 cm³/mol. The highest BCUT2D eigenvalue weighted by atomic mass is 16.5. The highest BCUT2D eigenvalue weighted by Gasteiger charge is 2.21.